The number of urea groups is 1. The first-order valence-electron chi connectivity index (χ1n) is 7.54. The molecule has 2 amide bonds. The second-order valence-corrected chi connectivity index (χ2v) is 6.43. The van der Waals surface area contributed by atoms with Gasteiger partial charge in [-0.1, -0.05) is 22.0 Å². The van der Waals surface area contributed by atoms with Gasteiger partial charge in [0.2, 0.25) is 0 Å². The maximum Gasteiger partial charge on any atom is 0.321 e. The van der Waals surface area contributed by atoms with Crippen molar-refractivity contribution in [1.82, 2.24) is 4.90 Å². The minimum Gasteiger partial charge on any atom is -0.366 e. The molecule has 1 N–H and O–H groups in total. The lowest BCUT2D eigenvalue weighted by Crippen LogP contribution is -2.50. The summed E-state index contributed by atoms with van der Waals surface area (Å²) in [5, 5.41) is 2.84. The lowest BCUT2D eigenvalue weighted by Gasteiger charge is -2.36. The number of rotatable bonds is 2. The predicted molar refractivity (Wildman–Crippen MR) is 93.3 cm³/mol. The molecule has 1 heterocycles. The molecule has 0 spiro atoms. The fourth-order valence-corrected chi connectivity index (χ4v) is 3.06. The number of benzene rings is 2. The van der Waals surface area contributed by atoms with E-state index in [4.69, 9.17) is 0 Å². The molecule has 1 aliphatic rings. The first-order chi connectivity index (χ1) is 11.5. The summed E-state index contributed by atoms with van der Waals surface area (Å²) in [7, 11) is 0. The average Bonchev–Trinajstić information content (AvgIpc) is 2.55. The number of nitrogens with zero attached hydrogens (tertiary/aromatic N) is 2. The van der Waals surface area contributed by atoms with Crippen LogP contribution in [0.25, 0.3) is 0 Å². The van der Waals surface area contributed by atoms with Crippen LogP contribution in [0.15, 0.2) is 46.9 Å². The van der Waals surface area contributed by atoms with E-state index in [1.807, 2.05) is 29.2 Å². The van der Waals surface area contributed by atoms with E-state index < -0.39 is 11.6 Å². The van der Waals surface area contributed by atoms with E-state index in [1.165, 1.54) is 12.1 Å². The molecule has 3 rings (SSSR count). The van der Waals surface area contributed by atoms with Crippen LogP contribution in [0.2, 0.25) is 0 Å². The Balaban J connectivity index is 1.59. The van der Waals surface area contributed by atoms with Crippen molar-refractivity contribution in [2.75, 3.05) is 36.4 Å². The normalized spacial score (nSPS) is 14.6. The molecule has 7 heteroatoms. The fraction of sp³-hybridized carbons (Fsp3) is 0.235. The molecule has 2 aromatic carbocycles. The Hall–Kier alpha value is -2.15. The van der Waals surface area contributed by atoms with Gasteiger partial charge in [-0.3, -0.25) is 0 Å². The fourth-order valence-electron chi connectivity index (χ4n) is 2.66. The molecule has 0 aliphatic carbocycles. The number of amides is 2. The molecule has 0 unspecified atom stereocenters. The molecule has 0 bridgehead atoms. The lowest BCUT2D eigenvalue weighted by atomic mass is 10.2. The van der Waals surface area contributed by atoms with Gasteiger partial charge in [-0.05, 0) is 30.3 Å². The van der Waals surface area contributed by atoms with Crippen molar-refractivity contribution in [1.29, 1.82) is 0 Å². The van der Waals surface area contributed by atoms with E-state index in [0.29, 0.717) is 37.6 Å². The minimum absolute atomic E-state index is 0.188. The van der Waals surface area contributed by atoms with Crippen LogP contribution in [0, 0.1) is 11.6 Å². The molecule has 0 radical (unpaired) electrons. The molecule has 1 saturated heterocycles. The number of carbonyl (C=O) groups excluding carboxylic acids is 1. The summed E-state index contributed by atoms with van der Waals surface area (Å²) in [5.41, 5.74) is 1.07. The van der Waals surface area contributed by atoms with Crippen molar-refractivity contribution in [3.63, 3.8) is 0 Å². The molecule has 0 saturated carbocycles. The van der Waals surface area contributed by atoms with Crippen LogP contribution in [0.4, 0.5) is 25.0 Å². The topological polar surface area (TPSA) is 35.6 Å². The molecule has 126 valence electrons. The van der Waals surface area contributed by atoms with Crippen molar-refractivity contribution < 1.29 is 13.6 Å². The number of nitrogens with one attached hydrogen (secondary N) is 1. The number of hydrogen-bond donors (Lipinski definition) is 1. The van der Waals surface area contributed by atoms with Gasteiger partial charge in [-0.25, -0.2) is 13.6 Å². The Morgan fingerprint density at radius 1 is 1.04 bits per heavy atom. The molecular weight excluding hydrogens is 380 g/mol. The van der Waals surface area contributed by atoms with E-state index in [9.17, 15) is 13.6 Å². The highest BCUT2D eigenvalue weighted by atomic mass is 79.9. The Morgan fingerprint density at radius 2 is 1.79 bits per heavy atom. The zero-order chi connectivity index (χ0) is 17.1. The van der Waals surface area contributed by atoms with Gasteiger partial charge >= 0.3 is 6.03 Å². The first-order valence-corrected chi connectivity index (χ1v) is 8.34. The van der Waals surface area contributed by atoms with Gasteiger partial charge < -0.3 is 15.1 Å². The second kappa shape index (κ2) is 7.17. The van der Waals surface area contributed by atoms with Crippen LogP contribution < -0.4 is 10.2 Å². The standard InChI is InChI=1S/C17H16BrF2N3O/c18-12-2-1-3-14(10-12)21-17(24)23-8-6-22(7-9-23)16-5-4-13(19)11-15(16)20/h1-5,10-11H,6-9H2,(H,21,24). The Labute approximate surface area is 147 Å². The van der Waals surface area contributed by atoms with Crippen molar-refractivity contribution in [3.05, 3.63) is 58.6 Å². The number of halogens is 3. The van der Waals surface area contributed by atoms with Gasteiger partial charge in [0.25, 0.3) is 0 Å². The van der Waals surface area contributed by atoms with Crippen LogP contribution in [0.5, 0.6) is 0 Å². The summed E-state index contributed by atoms with van der Waals surface area (Å²) in [6.45, 7) is 1.93. The third-order valence-electron chi connectivity index (χ3n) is 3.89. The molecule has 0 atom stereocenters. The maximum atomic E-state index is 13.8. The zero-order valence-electron chi connectivity index (χ0n) is 12.8. The van der Waals surface area contributed by atoms with E-state index >= 15 is 0 Å². The summed E-state index contributed by atoms with van der Waals surface area (Å²) >= 11 is 3.36. The Bertz CT molecular complexity index is 748. The highest BCUT2D eigenvalue weighted by Gasteiger charge is 2.23. The third kappa shape index (κ3) is 3.84. The highest BCUT2D eigenvalue weighted by Crippen LogP contribution is 2.22. The summed E-state index contributed by atoms with van der Waals surface area (Å²) in [6.07, 6.45) is 0. The molecule has 1 aliphatic heterocycles. The van der Waals surface area contributed by atoms with Gasteiger partial charge in [-0.15, -0.1) is 0 Å². The van der Waals surface area contributed by atoms with Crippen LogP contribution >= 0.6 is 15.9 Å². The molecule has 24 heavy (non-hydrogen) atoms. The number of hydrogen-bond acceptors (Lipinski definition) is 2. The molecular formula is C17H16BrF2N3O. The Kier molecular flexibility index (Phi) is 4.99. The van der Waals surface area contributed by atoms with Gasteiger partial charge in [0, 0.05) is 42.4 Å². The van der Waals surface area contributed by atoms with Crippen LogP contribution in [-0.4, -0.2) is 37.1 Å². The van der Waals surface area contributed by atoms with Gasteiger partial charge in [-0.2, -0.15) is 0 Å². The van der Waals surface area contributed by atoms with Crippen molar-refractivity contribution >= 4 is 33.3 Å². The quantitative estimate of drug-likeness (QED) is 0.831. The first kappa shape index (κ1) is 16.7. The van der Waals surface area contributed by atoms with Gasteiger partial charge in [0.1, 0.15) is 11.6 Å². The zero-order valence-corrected chi connectivity index (χ0v) is 14.4. The van der Waals surface area contributed by atoms with Crippen LogP contribution in [0.1, 0.15) is 0 Å². The molecule has 0 aromatic heterocycles. The maximum absolute atomic E-state index is 13.8. The van der Waals surface area contributed by atoms with Crippen molar-refractivity contribution in [2.24, 2.45) is 0 Å². The summed E-state index contributed by atoms with van der Waals surface area (Å²) in [4.78, 5) is 15.8. The van der Waals surface area contributed by atoms with E-state index in [1.54, 1.807) is 4.90 Å². The molecule has 2 aromatic rings. The molecule has 1 fully saturated rings. The lowest BCUT2D eigenvalue weighted by molar-refractivity contribution is 0.208. The Morgan fingerprint density at radius 3 is 2.46 bits per heavy atom. The van der Waals surface area contributed by atoms with Crippen molar-refractivity contribution in [2.45, 2.75) is 0 Å². The molecule has 4 nitrogen and oxygen atoms in total. The van der Waals surface area contributed by atoms with E-state index in [-0.39, 0.29) is 6.03 Å². The third-order valence-corrected chi connectivity index (χ3v) is 4.39. The smallest absolute Gasteiger partial charge is 0.321 e. The average molecular weight is 396 g/mol. The largest absolute Gasteiger partial charge is 0.366 e. The minimum atomic E-state index is -0.594. The number of carbonyl (C=O) groups is 1. The highest BCUT2D eigenvalue weighted by molar-refractivity contribution is 9.10. The summed E-state index contributed by atoms with van der Waals surface area (Å²) in [6, 6.07) is 10.7. The van der Waals surface area contributed by atoms with Gasteiger partial charge in [0.05, 0.1) is 5.69 Å². The van der Waals surface area contributed by atoms with E-state index in [0.717, 1.165) is 10.5 Å². The predicted octanol–water partition coefficient (Wildman–Crippen LogP) is 4.08. The van der Waals surface area contributed by atoms with Crippen molar-refractivity contribution in [3.8, 4) is 0 Å². The van der Waals surface area contributed by atoms with E-state index in [2.05, 4.69) is 21.2 Å². The SMILES string of the molecule is O=C(Nc1cccc(Br)c1)N1CCN(c2ccc(F)cc2F)CC1. The number of piperazine rings is 1. The van der Waals surface area contributed by atoms with Gasteiger partial charge in [0.15, 0.2) is 0 Å². The summed E-state index contributed by atoms with van der Waals surface area (Å²) in [5.74, 6) is -1.18. The number of anilines is 2. The monoisotopic (exact) mass is 395 g/mol. The second-order valence-electron chi connectivity index (χ2n) is 5.51. The summed E-state index contributed by atoms with van der Waals surface area (Å²) < 4.78 is 27.7. The van der Waals surface area contributed by atoms with Crippen LogP contribution in [0.3, 0.4) is 0 Å². The van der Waals surface area contributed by atoms with Crippen LogP contribution in [-0.2, 0) is 0 Å².